The molecule has 1 aromatic heterocycles. The summed E-state index contributed by atoms with van der Waals surface area (Å²) < 4.78 is 5.05. The highest BCUT2D eigenvalue weighted by Gasteiger charge is 2.06. The molecule has 0 radical (unpaired) electrons. The topological polar surface area (TPSA) is 68.0 Å². The molecule has 0 atom stereocenters. The minimum absolute atomic E-state index is 0.0451. The van der Waals surface area contributed by atoms with Crippen LogP contribution in [0.15, 0.2) is 4.52 Å². The molecule has 5 nitrogen and oxygen atoms in total. The second-order valence-corrected chi connectivity index (χ2v) is 3.69. The van der Waals surface area contributed by atoms with Crippen molar-refractivity contribution in [3.63, 3.8) is 0 Å². The number of carbonyl (C=O) groups is 1. The summed E-state index contributed by atoms with van der Waals surface area (Å²) in [5, 5.41) is 6.44. The van der Waals surface area contributed by atoms with Crippen LogP contribution in [0.25, 0.3) is 0 Å². The van der Waals surface area contributed by atoms with Crippen LogP contribution >= 0.6 is 0 Å². The molecule has 5 heteroatoms. The fraction of sp³-hybridized carbons (Fsp3) is 0.583. The van der Waals surface area contributed by atoms with Gasteiger partial charge in [-0.3, -0.25) is 4.79 Å². The number of hydrogen-bond donors (Lipinski definition) is 1. The first-order valence-corrected chi connectivity index (χ1v) is 5.78. The monoisotopic (exact) mass is 235 g/mol. The van der Waals surface area contributed by atoms with Crippen molar-refractivity contribution in [2.75, 3.05) is 6.54 Å². The van der Waals surface area contributed by atoms with Gasteiger partial charge in [0.05, 0.1) is 6.54 Å². The average Bonchev–Trinajstić information content (AvgIpc) is 2.75. The van der Waals surface area contributed by atoms with Gasteiger partial charge in [0.15, 0.2) is 5.82 Å². The number of nitrogens with one attached hydrogen (secondary N) is 1. The Balaban J connectivity index is 2.21. The molecule has 0 aliphatic carbocycles. The first-order chi connectivity index (χ1) is 8.26. The minimum atomic E-state index is -0.0451. The van der Waals surface area contributed by atoms with Gasteiger partial charge >= 0.3 is 0 Å². The van der Waals surface area contributed by atoms with Crippen LogP contribution in [0.3, 0.4) is 0 Å². The third kappa shape index (κ3) is 5.16. The van der Waals surface area contributed by atoms with E-state index >= 15 is 0 Å². The standard InChI is InChI=1S/C12H17N3O2/c1-3-6-10-14-12(17-15-10)8-5-7-11(16)13-9-4-2/h2H,3,5-9H2,1H3,(H,13,16). The highest BCUT2D eigenvalue weighted by molar-refractivity contribution is 5.76. The normalized spacial score (nSPS) is 9.88. The quantitative estimate of drug-likeness (QED) is 0.718. The molecule has 1 N–H and O–H groups in total. The van der Waals surface area contributed by atoms with Gasteiger partial charge in [-0.05, 0) is 12.8 Å². The summed E-state index contributed by atoms with van der Waals surface area (Å²) in [6, 6.07) is 0. The van der Waals surface area contributed by atoms with Crippen LogP contribution in [0.5, 0.6) is 0 Å². The molecule has 0 bridgehead atoms. The predicted octanol–water partition coefficient (Wildman–Crippen LogP) is 1.09. The minimum Gasteiger partial charge on any atom is -0.345 e. The Morgan fingerprint density at radius 1 is 1.53 bits per heavy atom. The van der Waals surface area contributed by atoms with E-state index in [0.29, 0.717) is 25.2 Å². The number of nitrogens with zero attached hydrogens (tertiary/aromatic N) is 2. The zero-order valence-electron chi connectivity index (χ0n) is 10.0. The molecule has 92 valence electrons. The second-order valence-electron chi connectivity index (χ2n) is 3.69. The number of amides is 1. The lowest BCUT2D eigenvalue weighted by atomic mass is 10.2. The van der Waals surface area contributed by atoms with Gasteiger partial charge in [-0.15, -0.1) is 6.42 Å². The molecule has 0 unspecified atom stereocenters. The van der Waals surface area contributed by atoms with Crippen molar-refractivity contribution in [3.8, 4) is 12.3 Å². The first-order valence-electron chi connectivity index (χ1n) is 5.78. The molecule has 1 heterocycles. The third-order valence-electron chi connectivity index (χ3n) is 2.17. The molecule has 0 saturated heterocycles. The molecule has 1 amide bonds. The van der Waals surface area contributed by atoms with Crippen molar-refractivity contribution in [2.24, 2.45) is 0 Å². The lowest BCUT2D eigenvalue weighted by Crippen LogP contribution is -2.23. The summed E-state index contributed by atoms with van der Waals surface area (Å²) in [6.07, 6.45) is 8.58. The van der Waals surface area contributed by atoms with Gasteiger partial charge in [-0.1, -0.05) is 18.0 Å². The molecule has 1 aromatic rings. The van der Waals surface area contributed by atoms with Gasteiger partial charge in [0.25, 0.3) is 0 Å². The van der Waals surface area contributed by atoms with Crippen LogP contribution < -0.4 is 5.32 Å². The summed E-state index contributed by atoms with van der Waals surface area (Å²) >= 11 is 0. The fourth-order valence-corrected chi connectivity index (χ4v) is 1.36. The number of hydrogen-bond acceptors (Lipinski definition) is 4. The van der Waals surface area contributed by atoms with E-state index in [4.69, 9.17) is 10.9 Å². The number of aromatic nitrogens is 2. The van der Waals surface area contributed by atoms with Gasteiger partial charge < -0.3 is 9.84 Å². The van der Waals surface area contributed by atoms with E-state index in [2.05, 4.69) is 28.3 Å². The molecule has 0 fully saturated rings. The van der Waals surface area contributed by atoms with E-state index in [1.807, 2.05) is 0 Å². The van der Waals surface area contributed by atoms with E-state index in [9.17, 15) is 4.79 Å². The van der Waals surface area contributed by atoms with E-state index in [0.717, 1.165) is 18.7 Å². The number of carbonyl (C=O) groups excluding carboxylic acids is 1. The molecular weight excluding hydrogens is 218 g/mol. The molecule has 0 saturated carbocycles. The van der Waals surface area contributed by atoms with Crippen LogP contribution in [-0.4, -0.2) is 22.6 Å². The lowest BCUT2D eigenvalue weighted by molar-refractivity contribution is -0.120. The Bertz CT molecular complexity index is 393. The average molecular weight is 235 g/mol. The van der Waals surface area contributed by atoms with Gasteiger partial charge in [-0.2, -0.15) is 4.98 Å². The zero-order chi connectivity index (χ0) is 12.5. The molecule has 17 heavy (non-hydrogen) atoms. The van der Waals surface area contributed by atoms with Crippen LogP contribution in [-0.2, 0) is 17.6 Å². The Morgan fingerprint density at radius 3 is 3.06 bits per heavy atom. The predicted molar refractivity (Wildman–Crippen MR) is 63.1 cm³/mol. The highest BCUT2D eigenvalue weighted by atomic mass is 16.5. The van der Waals surface area contributed by atoms with Crippen LogP contribution in [0.1, 0.15) is 37.9 Å². The zero-order valence-corrected chi connectivity index (χ0v) is 10.0. The Hall–Kier alpha value is -1.83. The second kappa shape index (κ2) is 7.44. The third-order valence-corrected chi connectivity index (χ3v) is 2.17. The van der Waals surface area contributed by atoms with Gasteiger partial charge in [0.2, 0.25) is 11.8 Å². The molecular formula is C12H17N3O2. The van der Waals surface area contributed by atoms with Gasteiger partial charge in [0, 0.05) is 19.3 Å². The Morgan fingerprint density at radius 2 is 2.35 bits per heavy atom. The Labute approximate surface area is 101 Å². The molecule has 0 aliphatic heterocycles. The number of terminal acetylenes is 1. The molecule has 0 aromatic carbocycles. The summed E-state index contributed by atoms with van der Waals surface area (Å²) in [4.78, 5) is 15.4. The summed E-state index contributed by atoms with van der Waals surface area (Å²) in [6.45, 7) is 2.34. The van der Waals surface area contributed by atoms with Gasteiger partial charge in [-0.25, -0.2) is 0 Å². The fourth-order valence-electron chi connectivity index (χ4n) is 1.36. The number of rotatable bonds is 7. The van der Waals surface area contributed by atoms with Crippen LogP contribution in [0.4, 0.5) is 0 Å². The maximum Gasteiger partial charge on any atom is 0.226 e. The highest BCUT2D eigenvalue weighted by Crippen LogP contribution is 2.04. The largest absolute Gasteiger partial charge is 0.345 e. The lowest BCUT2D eigenvalue weighted by Gasteiger charge is -1.98. The molecule has 0 spiro atoms. The van der Waals surface area contributed by atoms with Crippen molar-refractivity contribution < 1.29 is 9.32 Å². The van der Waals surface area contributed by atoms with Crippen molar-refractivity contribution in [1.82, 2.24) is 15.5 Å². The van der Waals surface area contributed by atoms with Crippen molar-refractivity contribution in [1.29, 1.82) is 0 Å². The SMILES string of the molecule is C#CCNC(=O)CCCc1nc(CCC)no1. The van der Waals surface area contributed by atoms with Crippen LogP contribution in [0, 0.1) is 12.3 Å². The van der Waals surface area contributed by atoms with Crippen LogP contribution in [0.2, 0.25) is 0 Å². The Kier molecular flexibility index (Phi) is 5.80. The van der Waals surface area contributed by atoms with E-state index in [1.165, 1.54) is 0 Å². The van der Waals surface area contributed by atoms with E-state index < -0.39 is 0 Å². The molecule has 0 aliphatic rings. The van der Waals surface area contributed by atoms with E-state index in [-0.39, 0.29) is 12.5 Å². The maximum absolute atomic E-state index is 11.2. The van der Waals surface area contributed by atoms with Crippen molar-refractivity contribution in [2.45, 2.75) is 39.0 Å². The molecule has 1 rings (SSSR count). The van der Waals surface area contributed by atoms with Gasteiger partial charge in [0.1, 0.15) is 0 Å². The smallest absolute Gasteiger partial charge is 0.226 e. The van der Waals surface area contributed by atoms with E-state index in [1.54, 1.807) is 0 Å². The number of aryl methyl sites for hydroxylation is 2. The van der Waals surface area contributed by atoms with Crippen molar-refractivity contribution in [3.05, 3.63) is 11.7 Å². The maximum atomic E-state index is 11.2. The summed E-state index contributed by atoms with van der Waals surface area (Å²) in [5.41, 5.74) is 0. The summed E-state index contributed by atoms with van der Waals surface area (Å²) in [7, 11) is 0. The van der Waals surface area contributed by atoms with Crippen molar-refractivity contribution >= 4 is 5.91 Å². The first kappa shape index (κ1) is 13.2. The summed E-state index contributed by atoms with van der Waals surface area (Å²) in [5.74, 6) is 3.64.